The largest absolute Gasteiger partial charge is 0.0883 e. The van der Waals surface area contributed by atoms with Gasteiger partial charge in [-0.05, 0) is 11.1 Å². The molecule has 0 radical (unpaired) electrons. The summed E-state index contributed by atoms with van der Waals surface area (Å²) in [5, 5.41) is 1.84. The number of allylic oxidation sites excluding steroid dienone is 1. The van der Waals surface area contributed by atoms with Crippen LogP contribution in [0.25, 0.3) is 6.08 Å². The second-order valence-corrected chi connectivity index (χ2v) is 3.64. The molecule has 0 saturated carbocycles. The van der Waals surface area contributed by atoms with Crippen molar-refractivity contribution in [1.82, 2.24) is 0 Å². The Kier molecular flexibility index (Phi) is 4.62. The van der Waals surface area contributed by atoms with Gasteiger partial charge in [0.05, 0.1) is 0 Å². The lowest BCUT2D eigenvalue weighted by molar-refractivity contribution is 1.43. The van der Waals surface area contributed by atoms with E-state index in [0.29, 0.717) is 0 Å². The minimum absolute atomic E-state index is 0.910. The molecule has 2 heteroatoms. The van der Waals surface area contributed by atoms with Gasteiger partial charge in [0.1, 0.15) is 0 Å². The van der Waals surface area contributed by atoms with E-state index in [4.69, 9.17) is 0 Å². The van der Waals surface area contributed by atoms with Crippen molar-refractivity contribution in [2.24, 2.45) is 0 Å². The number of halogens is 2. The molecule has 0 aliphatic carbocycles. The molecular weight excluding hydrogens is 280 g/mol. The molecule has 0 heterocycles. The van der Waals surface area contributed by atoms with Gasteiger partial charge >= 0.3 is 0 Å². The first-order chi connectivity index (χ1) is 5.86. The smallest absolute Gasteiger partial charge is 0.0283 e. The zero-order chi connectivity index (χ0) is 8.81. The van der Waals surface area contributed by atoms with E-state index in [1.807, 2.05) is 0 Å². The minimum atomic E-state index is 0.910. The SMILES string of the molecule is BrCC=Cc1ccc(CBr)cc1. The van der Waals surface area contributed by atoms with Gasteiger partial charge in [-0.1, -0.05) is 68.3 Å². The van der Waals surface area contributed by atoms with Crippen LogP contribution in [0.1, 0.15) is 11.1 Å². The Hall–Kier alpha value is -0.0800. The molecule has 0 atom stereocenters. The number of hydrogen-bond donors (Lipinski definition) is 0. The normalized spacial score (nSPS) is 10.8. The van der Waals surface area contributed by atoms with Crippen molar-refractivity contribution in [2.45, 2.75) is 5.33 Å². The van der Waals surface area contributed by atoms with E-state index in [1.165, 1.54) is 11.1 Å². The first kappa shape index (κ1) is 10.0. The van der Waals surface area contributed by atoms with Crippen LogP contribution in [0.15, 0.2) is 30.3 Å². The maximum absolute atomic E-state index is 3.41. The van der Waals surface area contributed by atoms with Crippen LogP contribution in [-0.2, 0) is 5.33 Å². The Morgan fingerprint density at radius 3 is 2.25 bits per heavy atom. The molecule has 1 aromatic carbocycles. The van der Waals surface area contributed by atoms with Crippen LogP contribution < -0.4 is 0 Å². The molecule has 0 amide bonds. The number of rotatable bonds is 3. The highest BCUT2D eigenvalue weighted by Gasteiger charge is 1.88. The average Bonchev–Trinajstić information content (AvgIpc) is 2.15. The van der Waals surface area contributed by atoms with Gasteiger partial charge in [-0.15, -0.1) is 0 Å². The Morgan fingerprint density at radius 2 is 1.75 bits per heavy atom. The topological polar surface area (TPSA) is 0 Å². The lowest BCUT2D eigenvalue weighted by Gasteiger charge is -1.95. The predicted molar refractivity (Wildman–Crippen MR) is 61.9 cm³/mol. The Balaban J connectivity index is 2.71. The summed E-state index contributed by atoms with van der Waals surface area (Å²) in [5.41, 5.74) is 2.56. The van der Waals surface area contributed by atoms with E-state index >= 15 is 0 Å². The Morgan fingerprint density at radius 1 is 1.08 bits per heavy atom. The van der Waals surface area contributed by atoms with Crippen molar-refractivity contribution in [2.75, 3.05) is 5.33 Å². The molecule has 0 aliphatic heterocycles. The van der Waals surface area contributed by atoms with E-state index in [0.717, 1.165) is 10.7 Å². The highest BCUT2D eigenvalue weighted by atomic mass is 79.9. The van der Waals surface area contributed by atoms with E-state index in [1.54, 1.807) is 0 Å². The molecule has 0 aromatic heterocycles. The van der Waals surface area contributed by atoms with Crippen LogP contribution in [0.2, 0.25) is 0 Å². The molecule has 0 aliphatic rings. The number of hydrogen-bond acceptors (Lipinski definition) is 0. The zero-order valence-electron chi connectivity index (χ0n) is 6.63. The van der Waals surface area contributed by atoms with Gasteiger partial charge in [-0.25, -0.2) is 0 Å². The van der Waals surface area contributed by atoms with E-state index in [2.05, 4.69) is 68.3 Å². The molecule has 1 rings (SSSR count). The Labute approximate surface area is 89.9 Å². The maximum Gasteiger partial charge on any atom is 0.0283 e. The molecule has 64 valence electrons. The molecule has 1 aromatic rings. The Bertz CT molecular complexity index is 249. The van der Waals surface area contributed by atoms with Gasteiger partial charge < -0.3 is 0 Å². The molecule has 0 saturated heterocycles. The zero-order valence-corrected chi connectivity index (χ0v) is 9.81. The van der Waals surface area contributed by atoms with Crippen LogP contribution in [0.4, 0.5) is 0 Å². The summed E-state index contributed by atoms with van der Waals surface area (Å²) in [5.74, 6) is 0. The van der Waals surface area contributed by atoms with Crippen LogP contribution in [0.5, 0.6) is 0 Å². The molecular formula is C10H10Br2. The fourth-order valence-electron chi connectivity index (χ4n) is 0.898. The predicted octanol–water partition coefficient (Wildman–Crippen LogP) is 3.99. The second kappa shape index (κ2) is 5.55. The fraction of sp³-hybridized carbons (Fsp3) is 0.200. The quantitative estimate of drug-likeness (QED) is 0.738. The van der Waals surface area contributed by atoms with Crippen molar-refractivity contribution in [3.8, 4) is 0 Å². The van der Waals surface area contributed by atoms with Crippen molar-refractivity contribution in [3.05, 3.63) is 41.5 Å². The summed E-state index contributed by atoms with van der Waals surface area (Å²) in [7, 11) is 0. The lowest BCUT2D eigenvalue weighted by atomic mass is 10.1. The van der Waals surface area contributed by atoms with Crippen molar-refractivity contribution < 1.29 is 0 Å². The van der Waals surface area contributed by atoms with Crippen LogP contribution in [0.3, 0.4) is 0 Å². The van der Waals surface area contributed by atoms with Crippen molar-refractivity contribution >= 4 is 37.9 Å². The first-order valence-corrected chi connectivity index (χ1v) is 5.98. The summed E-state index contributed by atoms with van der Waals surface area (Å²) in [6, 6.07) is 8.50. The maximum atomic E-state index is 3.41. The molecule has 0 N–H and O–H groups in total. The highest BCUT2D eigenvalue weighted by Crippen LogP contribution is 2.09. The van der Waals surface area contributed by atoms with E-state index < -0.39 is 0 Å². The molecule has 0 nitrogen and oxygen atoms in total. The standard InChI is InChI=1S/C10H10Br2/c11-7-1-2-9-3-5-10(8-12)6-4-9/h1-6H,7-8H2. The van der Waals surface area contributed by atoms with Crippen molar-refractivity contribution in [3.63, 3.8) is 0 Å². The van der Waals surface area contributed by atoms with Gasteiger partial charge in [0.2, 0.25) is 0 Å². The molecule has 0 spiro atoms. The monoisotopic (exact) mass is 288 g/mol. The highest BCUT2D eigenvalue weighted by molar-refractivity contribution is 9.09. The van der Waals surface area contributed by atoms with Crippen LogP contribution in [0, 0.1) is 0 Å². The summed E-state index contributed by atoms with van der Waals surface area (Å²) in [4.78, 5) is 0. The molecule has 0 unspecified atom stereocenters. The van der Waals surface area contributed by atoms with Gasteiger partial charge in [-0.2, -0.15) is 0 Å². The number of benzene rings is 1. The third-order valence-electron chi connectivity index (χ3n) is 1.53. The number of alkyl halides is 2. The second-order valence-electron chi connectivity index (χ2n) is 2.43. The molecule has 0 bridgehead atoms. The average molecular weight is 290 g/mol. The molecule has 0 fully saturated rings. The molecule has 12 heavy (non-hydrogen) atoms. The third-order valence-corrected chi connectivity index (χ3v) is 2.55. The van der Waals surface area contributed by atoms with E-state index in [-0.39, 0.29) is 0 Å². The fourth-order valence-corrected chi connectivity index (χ4v) is 1.46. The van der Waals surface area contributed by atoms with Gasteiger partial charge in [0.15, 0.2) is 0 Å². The summed E-state index contributed by atoms with van der Waals surface area (Å²) < 4.78 is 0. The summed E-state index contributed by atoms with van der Waals surface area (Å²) in [6.45, 7) is 0. The van der Waals surface area contributed by atoms with Crippen LogP contribution >= 0.6 is 31.9 Å². The minimum Gasteiger partial charge on any atom is -0.0883 e. The summed E-state index contributed by atoms with van der Waals surface area (Å²) >= 11 is 6.75. The third kappa shape index (κ3) is 3.11. The van der Waals surface area contributed by atoms with Gasteiger partial charge in [-0.3, -0.25) is 0 Å². The summed E-state index contributed by atoms with van der Waals surface area (Å²) in [6.07, 6.45) is 4.19. The van der Waals surface area contributed by atoms with Crippen LogP contribution in [-0.4, -0.2) is 5.33 Å². The van der Waals surface area contributed by atoms with E-state index in [9.17, 15) is 0 Å². The lowest BCUT2D eigenvalue weighted by Crippen LogP contribution is -1.77. The first-order valence-electron chi connectivity index (χ1n) is 3.74. The van der Waals surface area contributed by atoms with Gasteiger partial charge in [0.25, 0.3) is 0 Å². The van der Waals surface area contributed by atoms with Crippen molar-refractivity contribution in [1.29, 1.82) is 0 Å². The van der Waals surface area contributed by atoms with Gasteiger partial charge in [0, 0.05) is 10.7 Å².